The van der Waals surface area contributed by atoms with Gasteiger partial charge in [0.05, 0.1) is 12.0 Å². The number of likely N-dealkylation sites (N-methyl/N-ethyl adjacent to an activating group) is 1. The van der Waals surface area contributed by atoms with E-state index in [9.17, 15) is 0 Å². The van der Waals surface area contributed by atoms with E-state index in [1.807, 2.05) is 6.33 Å². The van der Waals surface area contributed by atoms with E-state index >= 15 is 0 Å². The van der Waals surface area contributed by atoms with E-state index in [-0.39, 0.29) is 0 Å². The largest absolute Gasteiger partial charge is 0.336 e. The fraction of sp³-hybridized carbons (Fsp3) is 0.786. The van der Waals surface area contributed by atoms with Crippen LogP contribution < -0.4 is 5.32 Å². The van der Waals surface area contributed by atoms with Gasteiger partial charge >= 0.3 is 0 Å². The Morgan fingerprint density at radius 2 is 2.33 bits per heavy atom. The van der Waals surface area contributed by atoms with E-state index in [0.29, 0.717) is 6.04 Å². The third-order valence-electron chi connectivity index (χ3n) is 3.89. The van der Waals surface area contributed by atoms with Crippen LogP contribution in [0, 0.1) is 0 Å². The molecule has 0 spiro atoms. The summed E-state index contributed by atoms with van der Waals surface area (Å²) < 4.78 is 2.20. The molecule has 4 nitrogen and oxygen atoms in total. The van der Waals surface area contributed by atoms with Gasteiger partial charge in [-0.2, -0.15) is 0 Å². The molecule has 102 valence electrons. The van der Waals surface area contributed by atoms with Crippen LogP contribution in [-0.4, -0.2) is 40.1 Å². The lowest BCUT2D eigenvalue weighted by Gasteiger charge is -2.23. The Labute approximate surface area is 110 Å². The number of rotatable bonds is 8. The van der Waals surface area contributed by atoms with Crippen LogP contribution in [0.5, 0.6) is 0 Å². The van der Waals surface area contributed by atoms with E-state index in [0.717, 1.165) is 31.4 Å². The molecule has 0 saturated heterocycles. The number of aromatic nitrogens is 2. The summed E-state index contributed by atoms with van der Waals surface area (Å²) in [4.78, 5) is 6.85. The predicted octanol–water partition coefficient (Wildman–Crippen LogP) is 1.87. The fourth-order valence-electron chi connectivity index (χ4n) is 1.96. The summed E-state index contributed by atoms with van der Waals surface area (Å²) in [7, 11) is 2.20. The van der Waals surface area contributed by atoms with E-state index in [4.69, 9.17) is 0 Å². The molecule has 1 atom stereocenters. The Morgan fingerprint density at radius 1 is 1.56 bits per heavy atom. The number of nitrogens with one attached hydrogen (secondary N) is 1. The van der Waals surface area contributed by atoms with Gasteiger partial charge in [-0.15, -0.1) is 0 Å². The SMILES string of the molecule is CCC(C)N(C)CCn1cnc(CNC2CC2)c1. The van der Waals surface area contributed by atoms with Gasteiger partial charge in [-0.3, -0.25) is 0 Å². The van der Waals surface area contributed by atoms with Crippen LogP contribution in [0.3, 0.4) is 0 Å². The standard InChI is InChI=1S/C14H26N4/c1-4-12(2)17(3)7-8-18-10-14(16-11-18)9-15-13-5-6-13/h10-13,15H,4-9H2,1-3H3. The highest BCUT2D eigenvalue weighted by Gasteiger charge is 2.20. The summed E-state index contributed by atoms with van der Waals surface area (Å²) in [5.74, 6) is 0. The van der Waals surface area contributed by atoms with Gasteiger partial charge in [0.2, 0.25) is 0 Å². The molecule has 0 bridgehead atoms. The van der Waals surface area contributed by atoms with Gasteiger partial charge in [0.1, 0.15) is 0 Å². The summed E-state index contributed by atoms with van der Waals surface area (Å²) in [5, 5.41) is 3.49. The van der Waals surface area contributed by atoms with Gasteiger partial charge in [-0.05, 0) is 33.2 Å². The summed E-state index contributed by atoms with van der Waals surface area (Å²) in [6.07, 6.45) is 7.99. The molecule has 1 aromatic rings. The molecule has 18 heavy (non-hydrogen) atoms. The normalized spacial score (nSPS) is 17.3. The maximum Gasteiger partial charge on any atom is 0.0950 e. The van der Waals surface area contributed by atoms with Crippen LogP contribution in [0.4, 0.5) is 0 Å². The van der Waals surface area contributed by atoms with Crippen LogP contribution >= 0.6 is 0 Å². The molecule has 1 heterocycles. The molecule has 0 radical (unpaired) electrons. The molecule has 1 aromatic heterocycles. The van der Waals surface area contributed by atoms with Gasteiger partial charge in [0.15, 0.2) is 0 Å². The topological polar surface area (TPSA) is 33.1 Å². The summed E-state index contributed by atoms with van der Waals surface area (Å²) in [6, 6.07) is 1.41. The van der Waals surface area contributed by atoms with Crippen molar-refractivity contribution in [2.45, 2.75) is 58.3 Å². The average Bonchev–Trinajstić information content (AvgIpc) is 3.11. The van der Waals surface area contributed by atoms with Crippen LogP contribution in [-0.2, 0) is 13.1 Å². The first-order valence-electron chi connectivity index (χ1n) is 7.13. The highest BCUT2D eigenvalue weighted by atomic mass is 15.2. The van der Waals surface area contributed by atoms with Crippen molar-refractivity contribution in [3.8, 4) is 0 Å². The quantitative estimate of drug-likeness (QED) is 0.764. The predicted molar refractivity (Wildman–Crippen MR) is 74.5 cm³/mol. The van der Waals surface area contributed by atoms with Gasteiger partial charge in [0, 0.05) is 37.9 Å². The highest BCUT2D eigenvalue weighted by Crippen LogP contribution is 2.18. The third-order valence-corrected chi connectivity index (χ3v) is 3.89. The molecule has 1 saturated carbocycles. The number of nitrogens with zero attached hydrogens (tertiary/aromatic N) is 3. The summed E-state index contributed by atoms with van der Waals surface area (Å²) >= 11 is 0. The third kappa shape index (κ3) is 4.10. The molecule has 0 aromatic carbocycles. The lowest BCUT2D eigenvalue weighted by Crippen LogP contribution is -2.31. The van der Waals surface area contributed by atoms with Crippen molar-refractivity contribution < 1.29 is 0 Å². The van der Waals surface area contributed by atoms with Crippen molar-refractivity contribution in [2.75, 3.05) is 13.6 Å². The molecular formula is C14H26N4. The summed E-state index contributed by atoms with van der Waals surface area (Å²) in [6.45, 7) is 7.54. The maximum absolute atomic E-state index is 4.44. The molecule has 1 aliphatic rings. The molecule has 0 amide bonds. The monoisotopic (exact) mass is 250 g/mol. The molecule has 1 N–H and O–H groups in total. The molecule has 1 unspecified atom stereocenters. The van der Waals surface area contributed by atoms with E-state index in [1.54, 1.807) is 0 Å². The molecule has 1 fully saturated rings. The first-order chi connectivity index (χ1) is 8.69. The van der Waals surface area contributed by atoms with Crippen LogP contribution in [0.1, 0.15) is 38.8 Å². The number of imidazole rings is 1. The summed E-state index contributed by atoms with van der Waals surface area (Å²) in [5.41, 5.74) is 1.16. The van der Waals surface area contributed by atoms with Crippen molar-refractivity contribution in [3.63, 3.8) is 0 Å². The van der Waals surface area contributed by atoms with Crippen molar-refractivity contribution in [3.05, 3.63) is 18.2 Å². The Kier molecular flexibility index (Phi) is 4.78. The molecule has 0 aliphatic heterocycles. The number of hydrogen-bond donors (Lipinski definition) is 1. The zero-order chi connectivity index (χ0) is 13.0. The fourth-order valence-corrected chi connectivity index (χ4v) is 1.96. The Morgan fingerprint density at radius 3 is 3.00 bits per heavy atom. The van der Waals surface area contributed by atoms with Crippen LogP contribution in [0.2, 0.25) is 0 Å². The first kappa shape index (κ1) is 13.6. The molecule has 4 heteroatoms. The lowest BCUT2D eigenvalue weighted by molar-refractivity contribution is 0.242. The van der Waals surface area contributed by atoms with Crippen LogP contribution in [0.25, 0.3) is 0 Å². The maximum atomic E-state index is 4.44. The Hall–Kier alpha value is -0.870. The van der Waals surface area contributed by atoms with Crippen molar-refractivity contribution in [2.24, 2.45) is 0 Å². The zero-order valence-corrected chi connectivity index (χ0v) is 11.9. The Bertz CT molecular complexity index is 356. The highest BCUT2D eigenvalue weighted by molar-refractivity contribution is 4.97. The lowest BCUT2D eigenvalue weighted by atomic mass is 10.2. The minimum atomic E-state index is 0.657. The number of hydrogen-bond acceptors (Lipinski definition) is 3. The zero-order valence-electron chi connectivity index (χ0n) is 11.9. The van der Waals surface area contributed by atoms with E-state index in [1.165, 1.54) is 19.3 Å². The van der Waals surface area contributed by atoms with Gasteiger partial charge in [0.25, 0.3) is 0 Å². The van der Waals surface area contributed by atoms with Crippen molar-refractivity contribution in [1.82, 2.24) is 19.8 Å². The molecule has 1 aliphatic carbocycles. The van der Waals surface area contributed by atoms with Crippen LogP contribution in [0.15, 0.2) is 12.5 Å². The first-order valence-corrected chi connectivity index (χ1v) is 7.13. The molecular weight excluding hydrogens is 224 g/mol. The smallest absolute Gasteiger partial charge is 0.0950 e. The van der Waals surface area contributed by atoms with Gasteiger partial charge < -0.3 is 14.8 Å². The van der Waals surface area contributed by atoms with Gasteiger partial charge in [-0.25, -0.2) is 4.98 Å². The Balaban J connectivity index is 1.71. The van der Waals surface area contributed by atoms with Gasteiger partial charge in [-0.1, -0.05) is 6.92 Å². The minimum absolute atomic E-state index is 0.657. The van der Waals surface area contributed by atoms with E-state index < -0.39 is 0 Å². The molecule has 2 rings (SSSR count). The second-order valence-corrected chi connectivity index (χ2v) is 5.50. The second kappa shape index (κ2) is 6.34. The minimum Gasteiger partial charge on any atom is -0.336 e. The average molecular weight is 250 g/mol. The van der Waals surface area contributed by atoms with Crippen molar-refractivity contribution >= 4 is 0 Å². The second-order valence-electron chi connectivity index (χ2n) is 5.50. The van der Waals surface area contributed by atoms with Crippen molar-refractivity contribution in [1.29, 1.82) is 0 Å². The van der Waals surface area contributed by atoms with E-state index in [2.05, 4.69) is 46.9 Å².